The van der Waals surface area contributed by atoms with Gasteiger partial charge in [-0.15, -0.1) is 11.3 Å². The first-order chi connectivity index (χ1) is 14.0. The third-order valence-electron chi connectivity index (χ3n) is 4.73. The number of hydrogen-bond acceptors (Lipinski definition) is 4. The highest BCUT2D eigenvalue weighted by atomic mass is 32.1. The number of likely N-dealkylation sites (tertiary alicyclic amines) is 1. The number of benzene rings is 1. The molecular formula is C20H25F3N4OS. The van der Waals surface area contributed by atoms with E-state index < -0.39 is 11.9 Å². The Kier molecular flexibility index (Phi) is 7.49. The zero-order valence-electron chi connectivity index (χ0n) is 16.3. The highest BCUT2D eigenvalue weighted by molar-refractivity contribution is 7.09. The Balaban J connectivity index is 1.38. The number of hydrogen-bond donors (Lipinski definition) is 1. The molecule has 0 aliphatic carbocycles. The minimum absolute atomic E-state index is 0.428. The first-order valence-electron chi connectivity index (χ1n) is 9.54. The van der Waals surface area contributed by atoms with Gasteiger partial charge in [-0.1, -0.05) is 30.3 Å². The lowest BCUT2D eigenvalue weighted by molar-refractivity contribution is -0.140. The molecule has 29 heavy (non-hydrogen) atoms. The molecule has 2 aromatic rings. The number of nitrogens with one attached hydrogen (secondary N) is 1. The molecule has 1 aliphatic rings. The molecular weight excluding hydrogens is 401 g/mol. The van der Waals surface area contributed by atoms with E-state index in [4.69, 9.17) is 4.74 Å². The number of aromatic nitrogens is 1. The molecule has 3 rings (SSSR count). The molecule has 1 saturated heterocycles. The van der Waals surface area contributed by atoms with Gasteiger partial charge in [0.15, 0.2) is 11.7 Å². The fourth-order valence-electron chi connectivity index (χ4n) is 3.25. The van der Waals surface area contributed by atoms with Crippen LogP contribution >= 0.6 is 11.3 Å². The van der Waals surface area contributed by atoms with Gasteiger partial charge in [0, 0.05) is 44.4 Å². The predicted octanol–water partition coefficient (Wildman–Crippen LogP) is 3.82. The largest absolute Gasteiger partial charge is 0.434 e. The maximum atomic E-state index is 12.6. The van der Waals surface area contributed by atoms with Crippen LogP contribution in [0.25, 0.3) is 0 Å². The Morgan fingerprint density at radius 1 is 1.34 bits per heavy atom. The maximum Gasteiger partial charge on any atom is 0.434 e. The molecule has 1 aromatic carbocycles. The van der Waals surface area contributed by atoms with E-state index in [1.54, 1.807) is 7.05 Å². The van der Waals surface area contributed by atoms with E-state index in [9.17, 15) is 13.2 Å². The number of halogens is 3. The topological polar surface area (TPSA) is 49.8 Å². The average molecular weight is 427 g/mol. The molecule has 1 atom stereocenters. The van der Waals surface area contributed by atoms with Crippen LogP contribution in [0.15, 0.2) is 40.7 Å². The van der Waals surface area contributed by atoms with Crippen LogP contribution < -0.4 is 5.32 Å². The van der Waals surface area contributed by atoms with E-state index in [1.807, 2.05) is 30.3 Å². The van der Waals surface area contributed by atoms with Gasteiger partial charge in [-0.05, 0) is 12.0 Å². The van der Waals surface area contributed by atoms with E-state index >= 15 is 0 Å². The van der Waals surface area contributed by atoms with Crippen molar-refractivity contribution in [3.8, 4) is 0 Å². The molecule has 0 saturated carbocycles. The normalized spacial score (nSPS) is 17.7. The number of guanidine groups is 1. The minimum Gasteiger partial charge on any atom is -0.376 e. The van der Waals surface area contributed by atoms with Crippen LogP contribution in [-0.4, -0.2) is 49.1 Å². The van der Waals surface area contributed by atoms with E-state index in [2.05, 4.69) is 20.2 Å². The molecule has 1 unspecified atom stereocenters. The molecule has 1 aliphatic heterocycles. The van der Waals surface area contributed by atoms with Gasteiger partial charge < -0.3 is 15.0 Å². The van der Waals surface area contributed by atoms with Crippen molar-refractivity contribution >= 4 is 17.3 Å². The van der Waals surface area contributed by atoms with Crippen molar-refractivity contribution in [3.63, 3.8) is 0 Å². The Bertz CT molecular complexity index is 795. The molecule has 1 aromatic heterocycles. The van der Waals surface area contributed by atoms with Crippen molar-refractivity contribution in [3.05, 3.63) is 52.0 Å². The molecule has 0 spiro atoms. The molecule has 1 N–H and O–H groups in total. The molecule has 1 fully saturated rings. The summed E-state index contributed by atoms with van der Waals surface area (Å²) in [5, 5.41) is 4.76. The fourth-order valence-corrected chi connectivity index (χ4v) is 4.05. The van der Waals surface area contributed by atoms with Crippen LogP contribution in [0.3, 0.4) is 0 Å². The quantitative estimate of drug-likeness (QED) is 0.540. The summed E-state index contributed by atoms with van der Waals surface area (Å²) in [5.41, 5.74) is 0.343. The van der Waals surface area contributed by atoms with E-state index in [0.717, 1.165) is 47.8 Å². The van der Waals surface area contributed by atoms with Gasteiger partial charge in [-0.25, -0.2) is 4.98 Å². The number of rotatable bonds is 7. The van der Waals surface area contributed by atoms with Gasteiger partial charge >= 0.3 is 6.18 Å². The van der Waals surface area contributed by atoms with Crippen LogP contribution in [0.4, 0.5) is 13.2 Å². The number of nitrogens with zero attached hydrogens (tertiary/aromatic N) is 3. The fraction of sp³-hybridized carbons (Fsp3) is 0.500. The molecule has 0 amide bonds. The van der Waals surface area contributed by atoms with Crippen molar-refractivity contribution in [2.45, 2.75) is 25.6 Å². The second-order valence-corrected chi connectivity index (χ2v) is 7.89. The van der Waals surface area contributed by atoms with Gasteiger partial charge in [0.2, 0.25) is 0 Å². The summed E-state index contributed by atoms with van der Waals surface area (Å²) in [6.07, 6.45) is -2.93. The Morgan fingerprint density at radius 2 is 2.14 bits per heavy atom. The van der Waals surface area contributed by atoms with E-state index in [1.165, 1.54) is 0 Å². The van der Waals surface area contributed by atoms with E-state index in [0.29, 0.717) is 37.1 Å². The zero-order chi connectivity index (χ0) is 20.7. The van der Waals surface area contributed by atoms with Crippen molar-refractivity contribution in [2.75, 3.05) is 33.3 Å². The third-order valence-corrected chi connectivity index (χ3v) is 5.64. The zero-order valence-corrected chi connectivity index (χ0v) is 17.1. The average Bonchev–Trinajstić information content (AvgIpc) is 3.36. The Morgan fingerprint density at radius 3 is 2.83 bits per heavy atom. The standard InChI is InChI=1S/C20H25F3N4OS/c1-24-19(25-9-7-18-26-17(14-29-18)20(21,22)23)27-10-8-16(11-27)13-28-12-15-5-3-2-4-6-15/h2-6,14,16H,7-13H2,1H3,(H,24,25). The van der Waals surface area contributed by atoms with Crippen molar-refractivity contribution < 1.29 is 17.9 Å². The van der Waals surface area contributed by atoms with Crippen molar-refractivity contribution in [2.24, 2.45) is 10.9 Å². The lowest BCUT2D eigenvalue weighted by Gasteiger charge is -2.21. The highest BCUT2D eigenvalue weighted by Gasteiger charge is 2.33. The summed E-state index contributed by atoms with van der Waals surface area (Å²) >= 11 is 1.03. The minimum atomic E-state index is -4.38. The summed E-state index contributed by atoms with van der Waals surface area (Å²) in [6, 6.07) is 10.1. The van der Waals surface area contributed by atoms with Crippen LogP contribution in [0, 0.1) is 5.92 Å². The first-order valence-corrected chi connectivity index (χ1v) is 10.4. The van der Waals surface area contributed by atoms with Crippen LogP contribution in [0.2, 0.25) is 0 Å². The highest BCUT2D eigenvalue weighted by Crippen LogP contribution is 2.30. The summed E-state index contributed by atoms with van der Waals surface area (Å²) < 4.78 is 43.7. The molecule has 2 heterocycles. The summed E-state index contributed by atoms with van der Waals surface area (Å²) in [4.78, 5) is 10.1. The molecule has 0 bridgehead atoms. The molecule has 0 radical (unpaired) electrons. The Labute approximate surface area is 172 Å². The first kappa shape index (κ1) is 21.6. The lowest BCUT2D eigenvalue weighted by atomic mass is 10.1. The van der Waals surface area contributed by atoms with Crippen LogP contribution in [-0.2, 0) is 23.9 Å². The second-order valence-electron chi connectivity index (χ2n) is 6.95. The predicted molar refractivity (Wildman–Crippen MR) is 108 cm³/mol. The van der Waals surface area contributed by atoms with Crippen molar-refractivity contribution in [1.82, 2.24) is 15.2 Å². The molecule has 5 nitrogen and oxygen atoms in total. The molecule has 9 heteroatoms. The molecule has 158 valence electrons. The number of thiazole rings is 1. The van der Waals surface area contributed by atoms with Crippen LogP contribution in [0.1, 0.15) is 22.7 Å². The smallest absolute Gasteiger partial charge is 0.376 e. The number of alkyl halides is 3. The number of ether oxygens (including phenoxy) is 1. The van der Waals surface area contributed by atoms with Gasteiger partial charge in [0.1, 0.15) is 0 Å². The van der Waals surface area contributed by atoms with Crippen LogP contribution in [0.5, 0.6) is 0 Å². The lowest BCUT2D eigenvalue weighted by Crippen LogP contribution is -2.41. The van der Waals surface area contributed by atoms with Gasteiger partial charge in [-0.2, -0.15) is 13.2 Å². The monoisotopic (exact) mass is 426 g/mol. The third kappa shape index (κ3) is 6.43. The SMILES string of the molecule is CN=C(NCCc1nc(C(F)(F)F)cs1)N1CCC(COCc2ccccc2)C1. The summed E-state index contributed by atoms with van der Waals surface area (Å²) in [5.74, 6) is 1.20. The summed E-state index contributed by atoms with van der Waals surface area (Å²) in [7, 11) is 1.71. The summed E-state index contributed by atoms with van der Waals surface area (Å²) in [6.45, 7) is 3.53. The van der Waals surface area contributed by atoms with Gasteiger partial charge in [0.05, 0.1) is 18.2 Å². The van der Waals surface area contributed by atoms with Gasteiger partial charge in [-0.3, -0.25) is 4.99 Å². The number of aliphatic imine (C=N–C) groups is 1. The van der Waals surface area contributed by atoms with E-state index in [-0.39, 0.29) is 0 Å². The van der Waals surface area contributed by atoms with Gasteiger partial charge in [0.25, 0.3) is 0 Å². The maximum absolute atomic E-state index is 12.6. The van der Waals surface area contributed by atoms with Crippen molar-refractivity contribution in [1.29, 1.82) is 0 Å². The second kappa shape index (κ2) is 10.1. The Hall–Kier alpha value is -2.13.